The van der Waals surface area contributed by atoms with E-state index in [1.54, 1.807) is 6.92 Å². The van der Waals surface area contributed by atoms with Gasteiger partial charge in [-0.15, -0.1) is 0 Å². The molecule has 3 aromatic carbocycles. The Bertz CT molecular complexity index is 1430. The third-order valence-corrected chi connectivity index (χ3v) is 7.49. The summed E-state index contributed by atoms with van der Waals surface area (Å²) in [7, 11) is -4.04. The fraction of sp³-hybridized carbons (Fsp3) is 0.310. The van der Waals surface area contributed by atoms with Gasteiger partial charge < -0.3 is 10.2 Å². The first kappa shape index (κ1) is 30.3. The number of sulfonamides is 1. The smallest absolute Gasteiger partial charge is 0.271 e. The molecule has 1 N–H and O–H groups in total. The number of nitrogens with one attached hydrogen (secondary N) is 1. The number of nitrogens with zero attached hydrogens (tertiary/aromatic N) is 3. The molecule has 0 saturated carbocycles. The Labute approximate surface area is 234 Å². The predicted molar refractivity (Wildman–Crippen MR) is 154 cm³/mol. The van der Waals surface area contributed by atoms with E-state index in [9.17, 15) is 28.1 Å². The third-order valence-electron chi connectivity index (χ3n) is 6.37. The molecule has 0 heterocycles. The molecule has 0 aliphatic rings. The fourth-order valence-corrected chi connectivity index (χ4v) is 5.17. The van der Waals surface area contributed by atoms with Gasteiger partial charge >= 0.3 is 0 Å². The topological polar surface area (TPSA) is 130 Å². The van der Waals surface area contributed by atoms with Gasteiger partial charge in [-0.05, 0) is 30.0 Å². The largest absolute Gasteiger partial charge is 0.354 e. The molecule has 0 saturated heterocycles. The number of rotatable bonds is 13. The number of non-ortho nitro benzene ring substituents is 1. The van der Waals surface area contributed by atoms with E-state index in [1.807, 2.05) is 67.6 Å². The Hall–Kier alpha value is -4.25. The van der Waals surface area contributed by atoms with Gasteiger partial charge in [-0.3, -0.25) is 24.0 Å². The lowest BCUT2D eigenvalue weighted by Gasteiger charge is -2.33. The number of aryl methyl sites for hydroxylation is 1. The number of nitro groups is 1. The third kappa shape index (κ3) is 8.12. The minimum atomic E-state index is -4.04. The van der Waals surface area contributed by atoms with Gasteiger partial charge in [0.25, 0.3) is 5.69 Å². The lowest BCUT2D eigenvalue weighted by molar-refractivity contribution is -0.384. The number of carbonyl (C=O) groups excluding carboxylic acids is 2. The van der Waals surface area contributed by atoms with Gasteiger partial charge in [0.2, 0.25) is 21.8 Å². The Balaban J connectivity index is 2.07. The van der Waals surface area contributed by atoms with E-state index >= 15 is 0 Å². The van der Waals surface area contributed by atoms with Gasteiger partial charge in [-0.2, -0.15) is 0 Å². The predicted octanol–water partition coefficient (Wildman–Crippen LogP) is 3.84. The van der Waals surface area contributed by atoms with Gasteiger partial charge in [-0.1, -0.05) is 73.7 Å². The molecule has 3 rings (SSSR count). The molecule has 0 aliphatic carbocycles. The molecule has 0 aliphatic heterocycles. The van der Waals surface area contributed by atoms with Crippen molar-refractivity contribution in [3.8, 4) is 0 Å². The Morgan fingerprint density at radius 3 is 2.12 bits per heavy atom. The van der Waals surface area contributed by atoms with Crippen LogP contribution in [0.4, 0.5) is 11.4 Å². The van der Waals surface area contributed by atoms with Crippen LogP contribution >= 0.6 is 0 Å². The fourth-order valence-electron chi connectivity index (χ4n) is 4.27. The molecule has 1 atom stereocenters. The number of nitro benzene ring substituents is 1. The van der Waals surface area contributed by atoms with E-state index in [-0.39, 0.29) is 30.2 Å². The molecule has 11 heteroatoms. The first-order chi connectivity index (χ1) is 19.0. The normalized spacial score (nSPS) is 11.9. The van der Waals surface area contributed by atoms with E-state index < -0.39 is 33.4 Å². The van der Waals surface area contributed by atoms with Crippen LogP contribution in [0.3, 0.4) is 0 Å². The van der Waals surface area contributed by atoms with Crippen molar-refractivity contribution in [3.63, 3.8) is 0 Å². The molecular formula is C29H34N4O6S. The summed E-state index contributed by atoms with van der Waals surface area (Å²) in [4.78, 5) is 39.7. The molecule has 0 spiro atoms. The molecule has 10 nitrogen and oxygen atoms in total. The zero-order chi connectivity index (χ0) is 29.3. The minimum Gasteiger partial charge on any atom is -0.354 e. The van der Waals surface area contributed by atoms with Crippen molar-refractivity contribution >= 4 is 33.2 Å². The zero-order valence-electron chi connectivity index (χ0n) is 22.8. The average molecular weight is 567 g/mol. The monoisotopic (exact) mass is 566 g/mol. The maximum Gasteiger partial charge on any atom is 0.271 e. The molecule has 40 heavy (non-hydrogen) atoms. The first-order valence-corrected chi connectivity index (χ1v) is 14.7. The van der Waals surface area contributed by atoms with Gasteiger partial charge in [0.15, 0.2) is 0 Å². The standard InChI is InChI=1S/C29H34N4O6S/c1-4-17-30-29(35)27(18-23-11-7-5-8-12-23)31(20-24-13-9-6-10-14-24)28(34)21-32(40(3,38)39)26-19-25(33(36)37)16-15-22(26)2/h5-16,19,27H,4,17-18,20-21H2,1-3H3,(H,30,35). The second-order valence-corrected chi connectivity index (χ2v) is 11.4. The average Bonchev–Trinajstić information content (AvgIpc) is 2.93. The van der Waals surface area contributed by atoms with Gasteiger partial charge in [0, 0.05) is 31.6 Å². The van der Waals surface area contributed by atoms with E-state index in [4.69, 9.17) is 0 Å². The van der Waals surface area contributed by atoms with Crippen LogP contribution in [-0.2, 0) is 32.6 Å². The first-order valence-electron chi connectivity index (χ1n) is 12.9. The maximum atomic E-state index is 14.0. The number of hydrogen-bond donors (Lipinski definition) is 1. The number of hydrogen-bond acceptors (Lipinski definition) is 6. The summed E-state index contributed by atoms with van der Waals surface area (Å²) in [5.74, 6) is -0.972. The lowest BCUT2D eigenvalue weighted by Crippen LogP contribution is -2.53. The number of amides is 2. The Kier molecular flexibility index (Phi) is 10.4. The molecule has 1 unspecified atom stereocenters. The van der Waals surface area contributed by atoms with Crippen LogP contribution in [0.15, 0.2) is 78.9 Å². The van der Waals surface area contributed by atoms with Gasteiger partial charge in [0.1, 0.15) is 12.6 Å². The minimum absolute atomic E-state index is 0.0276. The Morgan fingerprint density at radius 2 is 1.57 bits per heavy atom. The number of benzene rings is 3. The zero-order valence-corrected chi connectivity index (χ0v) is 23.6. The highest BCUT2D eigenvalue weighted by Crippen LogP contribution is 2.28. The molecule has 0 fully saturated rings. The second-order valence-electron chi connectivity index (χ2n) is 9.50. The molecular weight excluding hydrogens is 532 g/mol. The molecule has 0 radical (unpaired) electrons. The van der Waals surface area contributed by atoms with Crippen LogP contribution in [0.25, 0.3) is 0 Å². The summed E-state index contributed by atoms with van der Waals surface area (Å²) < 4.78 is 26.7. The number of anilines is 1. The van der Waals surface area contributed by atoms with Gasteiger partial charge in [-0.25, -0.2) is 8.42 Å². The van der Waals surface area contributed by atoms with Crippen LogP contribution in [0.1, 0.15) is 30.0 Å². The van der Waals surface area contributed by atoms with Gasteiger partial charge in [0.05, 0.1) is 16.9 Å². The van der Waals surface area contributed by atoms with Crippen molar-refractivity contribution in [1.29, 1.82) is 0 Å². The van der Waals surface area contributed by atoms with Crippen LogP contribution in [0, 0.1) is 17.0 Å². The summed E-state index contributed by atoms with van der Waals surface area (Å²) in [6, 6.07) is 21.3. The highest BCUT2D eigenvalue weighted by molar-refractivity contribution is 7.92. The molecule has 3 aromatic rings. The van der Waals surface area contributed by atoms with Crippen LogP contribution in [0.5, 0.6) is 0 Å². The van der Waals surface area contributed by atoms with Crippen molar-refractivity contribution in [2.75, 3.05) is 23.7 Å². The summed E-state index contributed by atoms with van der Waals surface area (Å²) in [5.41, 5.74) is 1.76. The van der Waals surface area contributed by atoms with E-state index in [0.29, 0.717) is 18.5 Å². The summed E-state index contributed by atoms with van der Waals surface area (Å²) in [6.07, 6.45) is 1.85. The number of carbonyl (C=O) groups is 2. The summed E-state index contributed by atoms with van der Waals surface area (Å²) >= 11 is 0. The molecule has 2 amide bonds. The Morgan fingerprint density at radius 1 is 0.975 bits per heavy atom. The highest BCUT2D eigenvalue weighted by Gasteiger charge is 2.33. The summed E-state index contributed by atoms with van der Waals surface area (Å²) in [6.45, 7) is 3.37. The van der Waals surface area contributed by atoms with Crippen LogP contribution in [0.2, 0.25) is 0 Å². The summed E-state index contributed by atoms with van der Waals surface area (Å²) in [5, 5.41) is 14.3. The van der Waals surface area contributed by atoms with Crippen molar-refractivity contribution in [1.82, 2.24) is 10.2 Å². The maximum absolute atomic E-state index is 14.0. The van der Waals surface area contributed by atoms with E-state index in [1.165, 1.54) is 17.0 Å². The SMILES string of the molecule is CCCNC(=O)C(Cc1ccccc1)N(Cc1ccccc1)C(=O)CN(c1cc([N+](=O)[O-])ccc1C)S(C)(=O)=O. The van der Waals surface area contributed by atoms with Crippen LogP contribution in [-0.4, -0.2) is 55.4 Å². The van der Waals surface area contributed by atoms with Crippen molar-refractivity contribution in [2.24, 2.45) is 0 Å². The van der Waals surface area contributed by atoms with Crippen molar-refractivity contribution in [2.45, 2.75) is 39.3 Å². The molecule has 0 aromatic heterocycles. The lowest BCUT2D eigenvalue weighted by atomic mass is 10.0. The van der Waals surface area contributed by atoms with E-state index in [0.717, 1.165) is 27.8 Å². The second kappa shape index (κ2) is 13.7. The van der Waals surface area contributed by atoms with Crippen molar-refractivity contribution in [3.05, 3.63) is 106 Å². The van der Waals surface area contributed by atoms with Crippen molar-refractivity contribution < 1.29 is 22.9 Å². The highest BCUT2D eigenvalue weighted by atomic mass is 32.2. The van der Waals surface area contributed by atoms with Crippen LogP contribution < -0.4 is 9.62 Å². The van der Waals surface area contributed by atoms with E-state index in [2.05, 4.69) is 5.32 Å². The molecule has 0 bridgehead atoms. The quantitative estimate of drug-likeness (QED) is 0.247. The molecule has 212 valence electrons.